The molecule has 150 valence electrons. The number of hydroxylamine groups is 2. The number of hydrogen-bond acceptors (Lipinski definition) is 7. The van der Waals surface area contributed by atoms with Gasteiger partial charge in [0.25, 0.3) is 11.8 Å². The van der Waals surface area contributed by atoms with E-state index in [4.69, 9.17) is 22.2 Å². The molecular weight excluding hydrogens is 426 g/mol. The first-order valence-corrected chi connectivity index (χ1v) is 9.75. The minimum absolute atomic E-state index is 0.0587. The number of nitrogens with one attached hydrogen (secondary N) is 1. The molecule has 0 atom stereocenters. The highest BCUT2D eigenvalue weighted by Crippen LogP contribution is 2.26. The first kappa shape index (κ1) is 20.5. The fourth-order valence-electron chi connectivity index (χ4n) is 2.46. The van der Waals surface area contributed by atoms with E-state index >= 15 is 0 Å². The SMILES string of the molecule is NC(=O)CNS(=O)(=O)c1ccc(Cl)c(C(=O)ON2C(=O)c3ccccc3C2=O)c1. The molecule has 0 radical (unpaired) electrons. The molecule has 0 aliphatic carbocycles. The van der Waals surface area contributed by atoms with Crippen molar-refractivity contribution in [2.45, 2.75) is 4.90 Å². The van der Waals surface area contributed by atoms with Crippen LogP contribution in [0.3, 0.4) is 0 Å². The smallest absolute Gasteiger partial charge is 0.365 e. The number of carbonyl (C=O) groups excluding carboxylic acids is 4. The molecule has 2 aromatic carbocycles. The number of benzene rings is 2. The summed E-state index contributed by atoms with van der Waals surface area (Å²) in [6.45, 7) is -0.653. The van der Waals surface area contributed by atoms with E-state index in [1.807, 2.05) is 4.72 Å². The van der Waals surface area contributed by atoms with Gasteiger partial charge in [0.15, 0.2) is 0 Å². The zero-order valence-corrected chi connectivity index (χ0v) is 16.0. The van der Waals surface area contributed by atoms with Crippen molar-refractivity contribution in [2.75, 3.05) is 6.54 Å². The molecular formula is C17H12ClN3O7S. The van der Waals surface area contributed by atoms with Crippen LogP contribution in [-0.4, -0.2) is 43.7 Å². The molecule has 10 nitrogen and oxygen atoms in total. The maximum absolute atomic E-state index is 12.5. The summed E-state index contributed by atoms with van der Waals surface area (Å²) < 4.78 is 26.3. The summed E-state index contributed by atoms with van der Waals surface area (Å²) in [5, 5.41) is 0.0935. The largest absolute Gasteiger partial charge is 0.369 e. The normalized spacial score (nSPS) is 13.3. The first-order valence-electron chi connectivity index (χ1n) is 7.89. The highest BCUT2D eigenvalue weighted by atomic mass is 35.5. The van der Waals surface area contributed by atoms with E-state index in [-0.39, 0.29) is 21.2 Å². The molecule has 1 heterocycles. The number of hydrogen-bond donors (Lipinski definition) is 2. The molecule has 3 amide bonds. The Labute approximate surface area is 169 Å². The van der Waals surface area contributed by atoms with E-state index in [1.54, 1.807) is 12.1 Å². The van der Waals surface area contributed by atoms with Crippen LogP contribution in [0.25, 0.3) is 0 Å². The van der Waals surface area contributed by atoms with Crippen molar-refractivity contribution < 1.29 is 32.4 Å². The van der Waals surface area contributed by atoms with Gasteiger partial charge in [0, 0.05) is 0 Å². The Morgan fingerprint density at radius 3 is 2.21 bits per heavy atom. The topological polar surface area (TPSA) is 153 Å². The number of sulfonamides is 1. The molecule has 0 spiro atoms. The van der Waals surface area contributed by atoms with E-state index < -0.39 is 50.7 Å². The Kier molecular flexibility index (Phi) is 5.38. The molecule has 29 heavy (non-hydrogen) atoms. The van der Waals surface area contributed by atoms with Gasteiger partial charge in [-0.15, -0.1) is 0 Å². The molecule has 0 aromatic heterocycles. The van der Waals surface area contributed by atoms with E-state index in [1.165, 1.54) is 12.1 Å². The van der Waals surface area contributed by atoms with E-state index in [2.05, 4.69) is 0 Å². The van der Waals surface area contributed by atoms with Gasteiger partial charge in [-0.05, 0) is 30.3 Å². The van der Waals surface area contributed by atoms with Crippen LogP contribution in [-0.2, 0) is 19.7 Å². The monoisotopic (exact) mass is 437 g/mol. The van der Waals surface area contributed by atoms with Crippen LogP contribution in [0.4, 0.5) is 0 Å². The second-order valence-corrected chi connectivity index (χ2v) is 7.94. The van der Waals surface area contributed by atoms with Crippen LogP contribution < -0.4 is 10.5 Å². The predicted octanol–water partition coefficient (Wildman–Crippen LogP) is 0.472. The number of fused-ring (bicyclic) bond motifs is 1. The molecule has 1 aliphatic heterocycles. The van der Waals surface area contributed by atoms with Gasteiger partial charge in [-0.2, -0.15) is 0 Å². The van der Waals surface area contributed by atoms with E-state index in [0.717, 1.165) is 18.2 Å². The van der Waals surface area contributed by atoms with Crippen LogP contribution in [0.2, 0.25) is 5.02 Å². The summed E-state index contributed by atoms with van der Waals surface area (Å²) >= 11 is 5.94. The molecule has 12 heteroatoms. The minimum Gasteiger partial charge on any atom is -0.369 e. The summed E-state index contributed by atoms with van der Waals surface area (Å²) in [4.78, 5) is 52.3. The molecule has 0 saturated heterocycles. The lowest BCUT2D eigenvalue weighted by atomic mass is 10.1. The Hall–Kier alpha value is -3.28. The molecule has 3 N–H and O–H groups in total. The van der Waals surface area contributed by atoms with Gasteiger partial charge in [-0.1, -0.05) is 28.8 Å². The van der Waals surface area contributed by atoms with Crippen molar-refractivity contribution in [2.24, 2.45) is 5.73 Å². The van der Waals surface area contributed by atoms with Crippen LogP contribution in [0.5, 0.6) is 0 Å². The summed E-state index contributed by atoms with van der Waals surface area (Å²) in [6, 6.07) is 8.96. The third-order valence-corrected chi connectivity index (χ3v) is 5.56. The number of halogens is 1. The second-order valence-electron chi connectivity index (χ2n) is 5.76. The molecule has 1 aliphatic rings. The van der Waals surface area contributed by atoms with Crippen molar-refractivity contribution in [3.63, 3.8) is 0 Å². The lowest BCUT2D eigenvalue weighted by Gasteiger charge is -2.14. The Morgan fingerprint density at radius 1 is 1.07 bits per heavy atom. The Morgan fingerprint density at radius 2 is 1.66 bits per heavy atom. The minimum atomic E-state index is -4.19. The lowest BCUT2D eigenvalue weighted by molar-refractivity contribution is -0.116. The molecule has 0 saturated carbocycles. The highest BCUT2D eigenvalue weighted by Gasteiger charge is 2.39. The molecule has 0 fully saturated rings. The predicted molar refractivity (Wildman–Crippen MR) is 98.2 cm³/mol. The Bertz CT molecular complexity index is 1130. The van der Waals surface area contributed by atoms with Gasteiger partial charge >= 0.3 is 5.97 Å². The summed E-state index contributed by atoms with van der Waals surface area (Å²) in [6.07, 6.45) is 0. The van der Waals surface area contributed by atoms with Gasteiger partial charge in [-0.25, -0.2) is 17.9 Å². The van der Waals surface area contributed by atoms with Crippen LogP contribution in [0.1, 0.15) is 31.1 Å². The average Bonchev–Trinajstić information content (AvgIpc) is 2.92. The maximum Gasteiger partial charge on any atom is 0.365 e. The van der Waals surface area contributed by atoms with Crippen LogP contribution in [0.15, 0.2) is 47.4 Å². The van der Waals surface area contributed by atoms with Gasteiger partial charge in [0.2, 0.25) is 15.9 Å². The fourth-order valence-corrected chi connectivity index (χ4v) is 3.67. The number of nitrogens with zero attached hydrogens (tertiary/aromatic N) is 1. The third kappa shape index (κ3) is 3.97. The Balaban J connectivity index is 1.86. The zero-order valence-electron chi connectivity index (χ0n) is 14.4. The highest BCUT2D eigenvalue weighted by molar-refractivity contribution is 7.89. The summed E-state index contributed by atoms with van der Waals surface area (Å²) in [5.74, 6) is -3.83. The third-order valence-electron chi connectivity index (χ3n) is 3.84. The summed E-state index contributed by atoms with van der Waals surface area (Å²) in [7, 11) is -4.19. The zero-order chi connectivity index (χ0) is 21.3. The molecule has 3 rings (SSSR count). The van der Waals surface area contributed by atoms with Crippen molar-refractivity contribution in [3.05, 3.63) is 64.2 Å². The van der Waals surface area contributed by atoms with Crippen molar-refractivity contribution in [1.82, 2.24) is 9.79 Å². The quantitative estimate of drug-likeness (QED) is 0.623. The average molecular weight is 438 g/mol. The number of rotatable bonds is 6. The van der Waals surface area contributed by atoms with Gasteiger partial charge in [-0.3, -0.25) is 14.4 Å². The van der Waals surface area contributed by atoms with Crippen LogP contribution >= 0.6 is 11.6 Å². The van der Waals surface area contributed by atoms with E-state index in [0.29, 0.717) is 0 Å². The van der Waals surface area contributed by atoms with Crippen LogP contribution in [0, 0.1) is 0 Å². The van der Waals surface area contributed by atoms with Crippen molar-refractivity contribution in [3.8, 4) is 0 Å². The standard InChI is InChI=1S/C17H12ClN3O7S/c18-13-6-5-9(29(26,27)20-8-14(19)22)7-12(13)17(25)28-21-15(23)10-3-1-2-4-11(10)16(21)24/h1-7,20H,8H2,(H2,19,22). The first-order chi connectivity index (χ1) is 13.6. The molecule has 0 unspecified atom stereocenters. The van der Waals surface area contributed by atoms with Crippen molar-refractivity contribution >= 4 is 45.3 Å². The van der Waals surface area contributed by atoms with Gasteiger partial charge in [0.05, 0.1) is 33.2 Å². The van der Waals surface area contributed by atoms with Crippen molar-refractivity contribution in [1.29, 1.82) is 0 Å². The van der Waals surface area contributed by atoms with E-state index in [9.17, 15) is 27.6 Å². The number of nitrogens with two attached hydrogens (primary N) is 1. The number of amides is 3. The van der Waals surface area contributed by atoms with Gasteiger partial charge < -0.3 is 10.6 Å². The maximum atomic E-state index is 12.5. The second kappa shape index (κ2) is 7.62. The molecule has 0 bridgehead atoms. The number of primary amides is 1. The summed E-state index contributed by atoms with van der Waals surface area (Å²) in [5.41, 5.74) is 4.61. The molecule has 2 aromatic rings. The lowest BCUT2D eigenvalue weighted by Crippen LogP contribution is -2.34. The van der Waals surface area contributed by atoms with Gasteiger partial charge in [0.1, 0.15) is 0 Å². The number of carbonyl (C=O) groups is 4. The fraction of sp³-hybridized carbons (Fsp3) is 0.0588. The number of imide groups is 1.